The van der Waals surface area contributed by atoms with E-state index in [-0.39, 0.29) is 0 Å². The fraction of sp³-hybridized carbons (Fsp3) is 0.348. The number of anilines is 1. The van der Waals surface area contributed by atoms with Crippen LogP contribution in [-0.2, 0) is 4.74 Å². The van der Waals surface area contributed by atoms with Gasteiger partial charge in [-0.15, -0.1) is 5.10 Å². The number of urea groups is 1. The number of hydrogen-bond acceptors (Lipinski definition) is 5. The van der Waals surface area contributed by atoms with Crippen LogP contribution in [0.3, 0.4) is 0 Å². The number of carbonyl (C=O) groups is 1. The van der Waals surface area contributed by atoms with Gasteiger partial charge in [-0.1, -0.05) is 24.3 Å². The first-order valence-electron chi connectivity index (χ1n) is 10.6. The summed E-state index contributed by atoms with van der Waals surface area (Å²) in [6.45, 7) is 5.24. The smallest absolute Gasteiger partial charge is 0.319 e. The minimum Gasteiger partial charge on any atom is -0.383 e. The van der Waals surface area contributed by atoms with E-state index >= 15 is 0 Å². The molecule has 1 aliphatic heterocycles. The van der Waals surface area contributed by atoms with Gasteiger partial charge in [0.25, 0.3) is 0 Å². The average Bonchev–Trinajstić information content (AvgIpc) is 3.41. The first-order chi connectivity index (χ1) is 15.9. The molecule has 1 unspecified atom stereocenters. The maximum atomic E-state index is 13.1. The van der Waals surface area contributed by atoms with Crippen molar-refractivity contribution in [1.82, 2.24) is 19.7 Å². The molecule has 0 spiro atoms. The molecule has 2 amide bonds. The fourth-order valence-corrected chi connectivity index (χ4v) is 3.65. The maximum Gasteiger partial charge on any atom is 0.319 e. The van der Waals surface area contributed by atoms with Gasteiger partial charge in [0.1, 0.15) is 5.82 Å². The number of para-hydroxylation sites is 1. The zero-order valence-corrected chi connectivity index (χ0v) is 18.7. The largest absolute Gasteiger partial charge is 0.383 e. The number of benzene rings is 2. The van der Waals surface area contributed by atoms with Crippen LogP contribution in [0, 0.1) is 18.6 Å². The molecule has 4 rings (SSSR count). The molecule has 0 bridgehead atoms. The topological polar surface area (TPSA) is 98.3 Å². The van der Waals surface area contributed by atoms with Crippen LogP contribution in [0.1, 0.15) is 23.7 Å². The predicted octanol–water partition coefficient (Wildman–Crippen LogP) is 3.47. The van der Waals surface area contributed by atoms with Gasteiger partial charge >= 0.3 is 6.03 Å². The molecular formula is C23H28F2N6O2. The molecule has 1 atom stereocenters. The standard InChI is InChI=1S/C13H17F2NO.C10H11N5O/c1-17-7-6-16-5-4-11(9-16)10-2-3-12(14)13(15)8-10;1-7-12-10(13-9(11)16)15(14-7)8-5-3-2-4-6-8/h2-3,8,11H,4-7,9H2,1H3;2-6H,1H3,(H3,11,12,13,14,16). The lowest BCUT2D eigenvalue weighted by Crippen LogP contribution is -2.24. The Labute approximate surface area is 191 Å². The fourth-order valence-electron chi connectivity index (χ4n) is 3.65. The lowest BCUT2D eigenvalue weighted by molar-refractivity contribution is 0.160. The van der Waals surface area contributed by atoms with E-state index < -0.39 is 17.7 Å². The zero-order chi connectivity index (χ0) is 23.8. The normalized spacial score (nSPS) is 15.7. The molecule has 2 aromatic carbocycles. The van der Waals surface area contributed by atoms with Gasteiger partial charge in [-0.3, -0.25) is 5.32 Å². The highest BCUT2D eigenvalue weighted by Crippen LogP contribution is 2.27. The molecule has 1 fully saturated rings. The van der Waals surface area contributed by atoms with Crippen LogP contribution < -0.4 is 11.1 Å². The van der Waals surface area contributed by atoms with Crippen LogP contribution in [0.4, 0.5) is 19.5 Å². The number of likely N-dealkylation sites (tertiary alicyclic amines) is 1. The Hall–Kier alpha value is -3.37. The van der Waals surface area contributed by atoms with Gasteiger partial charge in [0.15, 0.2) is 11.6 Å². The number of aryl methyl sites for hydroxylation is 1. The summed E-state index contributed by atoms with van der Waals surface area (Å²) < 4.78 is 32.5. The Morgan fingerprint density at radius 2 is 1.97 bits per heavy atom. The lowest BCUT2D eigenvalue weighted by atomic mass is 9.98. The highest BCUT2D eigenvalue weighted by atomic mass is 19.2. The van der Waals surface area contributed by atoms with Crippen molar-refractivity contribution >= 4 is 12.0 Å². The van der Waals surface area contributed by atoms with Gasteiger partial charge in [-0.2, -0.15) is 9.67 Å². The van der Waals surface area contributed by atoms with E-state index in [1.54, 1.807) is 20.1 Å². The number of hydrogen-bond donors (Lipinski definition) is 2. The zero-order valence-electron chi connectivity index (χ0n) is 18.7. The summed E-state index contributed by atoms with van der Waals surface area (Å²) in [5.41, 5.74) is 6.75. The predicted molar refractivity (Wildman–Crippen MR) is 121 cm³/mol. The van der Waals surface area contributed by atoms with Crippen molar-refractivity contribution in [3.63, 3.8) is 0 Å². The molecule has 3 N–H and O–H groups in total. The van der Waals surface area contributed by atoms with Crippen LogP contribution in [0.15, 0.2) is 48.5 Å². The SMILES string of the molecule is COCCN1CCC(c2ccc(F)c(F)c2)C1.Cc1nc(NC(N)=O)n(-c2ccccc2)n1. The molecule has 1 aliphatic rings. The van der Waals surface area contributed by atoms with Crippen LogP contribution >= 0.6 is 0 Å². The molecule has 0 radical (unpaired) electrons. The van der Waals surface area contributed by atoms with E-state index in [9.17, 15) is 13.6 Å². The van der Waals surface area contributed by atoms with Crippen molar-refractivity contribution < 1.29 is 18.3 Å². The van der Waals surface area contributed by atoms with E-state index in [0.29, 0.717) is 24.3 Å². The van der Waals surface area contributed by atoms with Gasteiger partial charge in [-0.25, -0.2) is 13.6 Å². The average molecular weight is 459 g/mol. The quantitative estimate of drug-likeness (QED) is 0.590. The molecule has 3 aromatic rings. The summed E-state index contributed by atoms with van der Waals surface area (Å²) in [6.07, 6.45) is 0.995. The molecule has 176 valence electrons. The first kappa shape index (κ1) is 24.3. The van der Waals surface area contributed by atoms with Crippen LogP contribution in [-0.4, -0.2) is 59.0 Å². The van der Waals surface area contributed by atoms with Crippen molar-refractivity contribution in [2.75, 3.05) is 38.7 Å². The number of primary amides is 1. The number of amides is 2. The number of halogens is 2. The highest BCUT2D eigenvalue weighted by molar-refractivity contribution is 5.86. The number of carbonyl (C=O) groups excluding carboxylic acids is 1. The lowest BCUT2D eigenvalue weighted by Gasteiger charge is -2.15. The summed E-state index contributed by atoms with van der Waals surface area (Å²) >= 11 is 0. The van der Waals surface area contributed by atoms with Crippen molar-refractivity contribution in [2.24, 2.45) is 5.73 Å². The van der Waals surface area contributed by atoms with Crippen LogP contribution in [0.25, 0.3) is 5.69 Å². The molecule has 33 heavy (non-hydrogen) atoms. The van der Waals surface area contributed by atoms with Crippen molar-refractivity contribution in [2.45, 2.75) is 19.3 Å². The summed E-state index contributed by atoms with van der Waals surface area (Å²) in [6, 6.07) is 12.9. The second kappa shape index (κ2) is 11.5. The Balaban J connectivity index is 0.000000186. The molecule has 2 heterocycles. The van der Waals surface area contributed by atoms with Gasteiger partial charge < -0.3 is 15.4 Å². The van der Waals surface area contributed by atoms with E-state index in [4.69, 9.17) is 10.5 Å². The summed E-state index contributed by atoms with van der Waals surface area (Å²) in [5, 5.41) is 6.59. The Morgan fingerprint density at radius 3 is 2.64 bits per heavy atom. The molecular weight excluding hydrogens is 430 g/mol. The van der Waals surface area contributed by atoms with Gasteiger partial charge in [0.2, 0.25) is 5.95 Å². The summed E-state index contributed by atoms with van der Waals surface area (Å²) in [5.74, 6) is -0.341. The van der Waals surface area contributed by atoms with E-state index in [2.05, 4.69) is 20.3 Å². The van der Waals surface area contributed by atoms with Crippen LogP contribution in [0.2, 0.25) is 0 Å². The van der Waals surface area contributed by atoms with Gasteiger partial charge in [-0.05, 0) is 55.6 Å². The monoisotopic (exact) mass is 458 g/mol. The van der Waals surface area contributed by atoms with E-state index in [1.807, 2.05) is 30.3 Å². The molecule has 1 aromatic heterocycles. The number of nitrogens with one attached hydrogen (secondary N) is 1. The van der Waals surface area contributed by atoms with Crippen molar-refractivity contribution in [3.8, 4) is 5.69 Å². The molecule has 1 saturated heterocycles. The van der Waals surface area contributed by atoms with Gasteiger partial charge in [0.05, 0.1) is 12.3 Å². The highest BCUT2D eigenvalue weighted by Gasteiger charge is 2.24. The van der Waals surface area contributed by atoms with E-state index in [0.717, 1.165) is 37.3 Å². The molecule has 8 nitrogen and oxygen atoms in total. The number of nitrogens with zero attached hydrogens (tertiary/aromatic N) is 4. The second-order valence-electron chi connectivity index (χ2n) is 7.67. The summed E-state index contributed by atoms with van der Waals surface area (Å²) in [4.78, 5) is 17.1. The minimum absolute atomic E-state index is 0.307. The molecule has 0 aliphatic carbocycles. The number of ether oxygens (including phenoxy) is 1. The van der Waals surface area contributed by atoms with E-state index in [1.165, 1.54) is 16.8 Å². The first-order valence-corrected chi connectivity index (χ1v) is 10.6. The Morgan fingerprint density at radius 1 is 1.21 bits per heavy atom. The number of methoxy groups -OCH3 is 1. The Bertz CT molecular complexity index is 1060. The van der Waals surface area contributed by atoms with Crippen molar-refractivity contribution in [1.29, 1.82) is 0 Å². The second-order valence-corrected chi connectivity index (χ2v) is 7.67. The third-order valence-electron chi connectivity index (χ3n) is 5.25. The summed E-state index contributed by atoms with van der Waals surface area (Å²) in [7, 11) is 1.68. The van der Waals surface area contributed by atoms with Crippen molar-refractivity contribution in [3.05, 3.63) is 71.6 Å². The number of rotatable bonds is 6. The Kier molecular flexibility index (Phi) is 8.45. The number of nitrogens with two attached hydrogens (primary N) is 1. The van der Waals surface area contributed by atoms with Crippen LogP contribution in [0.5, 0.6) is 0 Å². The third kappa shape index (κ3) is 6.80. The maximum absolute atomic E-state index is 13.1. The third-order valence-corrected chi connectivity index (χ3v) is 5.25. The minimum atomic E-state index is -0.775. The molecule has 0 saturated carbocycles. The number of aromatic nitrogens is 3. The molecule has 10 heteroatoms. The van der Waals surface area contributed by atoms with Gasteiger partial charge in [0, 0.05) is 20.2 Å².